The second-order valence-corrected chi connectivity index (χ2v) is 5.92. The zero-order chi connectivity index (χ0) is 10.9. The van der Waals surface area contributed by atoms with Crippen LogP contribution in [-0.4, -0.2) is 22.2 Å². The molecule has 0 saturated heterocycles. The molecule has 15 heavy (non-hydrogen) atoms. The van der Waals surface area contributed by atoms with Crippen LogP contribution in [0.4, 0.5) is 0 Å². The summed E-state index contributed by atoms with van der Waals surface area (Å²) in [6, 6.07) is 0. The Balaban J connectivity index is 1.84. The predicted octanol–water partition coefficient (Wildman–Crippen LogP) is 1.49. The van der Waals surface area contributed by atoms with E-state index < -0.39 is 5.60 Å². The Morgan fingerprint density at radius 1 is 1.47 bits per heavy atom. The molecule has 1 heterocycles. The van der Waals surface area contributed by atoms with Gasteiger partial charge < -0.3 is 10.4 Å². The molecule has 0 atom stereocenters. The van der Waals surface area contributed by atoms with Gasteiger partial charge in [0.2, 0.25) is 0 Å². The van der Waals surface area contributed by atoms with Gasteiger partial charge in [0, 0.05) is 18.0 Å². The molecule has 84 valence electrons. The second kappa shape index (κ2) is 4.20. The van der Waals surface area contributed by atoms with Gasteiger partial charge in [0.25, 0.3) is 0 Å². The van der Waals surface area contributed by atoms with Crippen LogP contribution in [-0.2, 0) is 19.4 Å². The van der Waals surface area contributed by atoms with Gasteiger partial charge in [-0.05, 0) is 33.1 Å². The summed E-state index contributed by atoms with van der Waals surface area (Å²) < 4.78 is 0. The van der Waals surface area contributed by atoms with Crippen molar-refractivity contribution < 1.29 is 5.11 Å². The zero-order valence-corrected chi connectivity index (χ0v) is 10.2. The number of thiazole rings is 1. The summed E-state index contributed by atoms with van der Waals surface area (Å²) in [6.45, 7) is 5.00. The van der Waals surface area contributed by atoms with Gasteiger partial charge in [-0.15, -0.1) is 11.3 Å². The largest absolute Gasteiger partial charge is 0.389 e. The van der Waals surface area contributed by atoms with E-state index >= 15 is 0 Å². The van der Waals surface area contributed by atoms with E-state index in [-0.39, 0.29) is 0 Å². The average molecular weight is 226 g/mol. The van der Waals surface area contributed by atoms with Crippen molar-refractivity contribution >= 4 is 11.3 Å². The fourth-order valence-electron chi connectivity index (χ4n) is 1.79. The number of rotatable bonds is 4. The van der Waals surface area contributed by atoms with Gasteiger partial charge in [0.15, 0.2) is 0 Å². The van der Waals surface area contributed by atoms with Crippen LogP contribution in [0.3, 0.4) is 0 Å². The van der Waals surface area contributed by atoms with E-state index in [2.05, 4.69) is 10.3 Å². The number of fused-ring (bicyclic) bond motifs is 1. The van der Waals surface area contributed by atoms with Gasteiger partial charge >= 0.3 is 0 Å². The highest BCUT2D eigenvalue weighted by Crippen LogP contribution is 2.27. The van der Waals surface area contributed by atoms with Crippen LogP contribution in [0.25, 0.3) is 0 Å². The lowest BCUT2D eigenvalue weighted by atomic mass is 10.1. The Labute approximate surface area is 94.5 Å². The molecule has 1 aromatic heterocycles. The minimum Gasteiger partial charge on any atom is -0.389 e. The molecule has 0 amide bonds. The molecular weight excluding hydrogens is 208 g/mol. The number of nitrogens with one attached hydrogen (secondary N) is 1. The Hall–Kier alpha value is -0.450. The summed E-state index contributed by atoms with van der Waals surface area (Å²) in [6.07, 6.45) is 3.63. The topological polar surface area (TPSA) is 45.1 Å². The van der Waals surface area contributed by atoms with Crippen LogP contribution in [0, 0.1) is 0 Å². The minimum atomic E-state index is -0.639. The minimum absolute atomic E-state index is 0.608. The Morgan fingerprint density at radius 3 is 2.93 bits per heavy atom. The second-order valence-electron chi connectivity index (χ2n) is 4.75. The summed E-state index contributed by atoms with van der Waals surface area (Å²) in [5.74, 6) is 0. The molecule has 0 bridgehead atoms. The van der Waals surface area contributed by atoms with E-state index in [0.717, 1.165) is 18.0 Å². The normalized spacial score (nSPS) is 15.7. The van der Waals surface area contributed by atoms with E-state index in [1.54, 1.807) is 0 Å². The molecule has 1 aliphatic rings. The maximum Gasteiger partial charge on any atom is 0.107 e. The van der Waals surface area contributed by atoms with Gasteiger partial charge in [0.1, 0.15) is 5.01 Å². The molecule has 0 unspecified atom stereocenters. The van der Waals surface area contributed by atoms with Gasteiger partial charge in [-0.1, -0.05) is 0 Å². The maximum atomic E-state index is 9.53. The summed E-state index contributed by atoms with van der Waals surface area (Å²) in [4.78, 5) is 6.05. The fourth-order valence-corrected chi connectivity index (χ4v) is 2.92. The summed E-state index contributed by atoms with van der Waals surface area (Å²) >= 11 is 1.82. The van der Waals surface area contributed by atoms with Crippen LogP contribution >= 0.6 is 11.3 Å². The molecule has 0 fully saturated rings. The van der Waals surface area contributed by atoms with Crippen molar-refractivity contribution in [3.05, 3.63) is 15.6 Å². The molecule has 2 N–H and O–H groups in total. The monoisotopic (exact) mass is 226 g/mol. The first kappa shape index (κ1) is 11.0. The van der Waals surface area contributed by atoms with E-state index in [1.807, 2.05) is 25.2 Å². The maximum absolute atomic E-state index is 9.53. The van der Waals surface area contributed by atoms with Crippen molar-refractivity contribution in [2.45, 2.75) is 45.3 Å². The van der Waals surface area contributed by atoms with E-state index in [9.17, 15) is 5.11 Å². The van der Waals surface area contributed by atoms with Crippen molar-refractivity contribution in [3.63, 3.8) is 0 Å². The molecule has 1 aromatic rings. The fraction of sp³-hybridized carbons (Fsp3) is 0.727. The third-order valence-electron chi connectivity index (χ3n) is 2.47. The lowest BCUT2D eigenvalue weighted by molar-refractivity contribution is 0.0795. The van der Waals surface area contributed by atoms with Crippen molar-refractivity contribution in [2.75, 3.05) is 6.54 Å². The average Bonchev–Trinajstić information content (AvgIpc) is 2.60. The number of aromatic nitrogens is 1. The lowest BCUT2D eigenvalue weighted by Gasteiger charge is -2.16. The molecular formula is C11H18N2OS. The first-order chi connectivity index (χ1) is 7.04. The Bertz CT molecular complexity index is 319. The number of hydrogen-bond donors (Lipinski definition) is 2. The summed E-state index contributed by atoms with van der Waals surface area (Å²) in [5.41, 5.74) is 0.667. The highest BCUT2D eigenvalue weighted by atomic mass is 32.1. The van der Waals surface area contributed by atoms with E-state index in [0.29, 0.717) is 6.54 Å². The Morgan fingerprint density at radius 2 is 2.27 bits per heavy atom. The van der Waals surface area contributed by atoms with Gasteiger partial charge in [-0.25, -0.2) is 4.98 Å². The van der Waals surface area contributed by atoms with Crippen LogP contribution in [0.5, 0.6) is 0 Å². The number of aliphatic hydroxyl groups is 1. The van der Waals surface area contributed by atoms with Crippen LogP contribution in [0.1, 0.15) is 35.8 Å². The van der Waals surface area contributed by atoms with Crippen molar-refractivity contribution in [1.29, 1.82) is 0 Å². The number of aryl methyl sites for hydroxylation is 2. The zero-order valence-electron chi connectivity index (χ0n) is 9.34. The van der Waals surface area contributed by atoms with Crippen molar-refractivity contribution in [3.8, 4) is 0 Å². The number of hydrogen-bond acceptors (Lipinski definition) is 4. The van der Waals surface area contributed by atoms with Crippen LogP contribution in [0.2, 0.25) is 0 Å². The summed E-state index contributed by atoms with van der Waals surface area (Å²) in [5, 5.41) is 13.9. The first-order valence-corrected chi connectivity index (χ1v) is 6.27. The molecule has 3 nitrogen and oxygen atoms in total. The Kier molecular flexibility index (Phi) is 3.09. The molecule has 0 saturated carbocycles. The van der Waals surface area contributed by atoms with Gasteiger partial charge in [-0.2, -0.15) is 0 Å². The SMILES string of the molecule is CC(C)(O)CNCc1nc2c(s1)CCC2. The lowest BCUT2D eigenvalue weighted by Crippen LogP contribution is -2.34. The molecule has 1 aliphatic carbocycles. The predicted molar refractivity (Wildman–Crippen MR) is 62.1 cm³/mol. The molecule has 2 rings (SSSR count). The van der Waals surface area contributed by atoms with Crippen LogP contribution < -0.4 is 5.32 Å². The molecule has 0 aromatic carbocycles. The highest BCUT2D eigenvalue weighted by Gasteiger charge is 2.17. The third-order valence-corrected chi connectivity index (χ3v) is 3.63. The van der Waals surface area contributed by atoms with E-state index in [4.69, 9.17) is 0 Å². The highest BCUT2D eigenvalue weighted by molar-refractivity contribution is 7.11. The van der Waals surface area contributed by atoms with Gasteiger partial charge in [0.05, 0.1) is 11.3 Å². The standard InChI is InChI=1S/C11H18N2OS/c1-11(2,14)7-12-6-10-13-8-4-3-5-9(8)15-10/h12,14H,3-7H2,1-2H3. The van der Waals surface area contributed by atoms with Crippen LogP contribution in [0.15, 0.2) is 0 Å². The molecule has 0 spiro atoms. The third kappa shape index (κ3) is 3.00. The summed E-state index contributed by atoms with van der Waals surface area (Å²) in [7, 11) is 0. The van der Waals surface area contributed by atoms with Gasteiger partial charge in [-0.3, -0.25) is 0 Å². The smallest absolute Gasteiger partial charge is 0.107 e. The number of nitrogens with zero attached hydrogens (tertiary/aromatic N) is 1. The van der Waals surface area contributed by atoms with Crippen molar-refractivity contribution in [2.24, 2.45) is 0 Å². The molecule has 0 aliphatic heterocycles. The van der Waals surface area contributed by atoms with Crippen molar-refractivity contribution in [1.82, 2.24) is 10.3 Å². The molecule has 4 heteroatoms. The quantitative estimate of drug-likeness (QED) is 0.817. The molecule has 0 radical (unpaired) electrons. The van der Waals surface area contributed by atoms with E-state index in [1.165, 1.54) is 23.4 Å². The first-order valence-electron chi connectivity index (χ1n) is 5.45.